The molecule has 1 atom stereocenters. The first kappa shape index (κ1) is 21.2. The van der Waals surface area contributed by atoms with Crippen molar-refractivity contribution in [2.45, 2.75) is 17.9 Å². The highest BCUT2D eigenvalue weighted by molar-refractivity contribution is 7.89. The Balaban J connectivity index is 1.63. The first-order chi connectivity index (χ1) is 13.8. The fraction of sp³-hybridized carbons (Fsp3) is 0.350. The number of rotatable bonds is 6. The summed E-state index contributed by atoms with van der Waals surface area (Å²) in [7, 11) is -2.37. The Hall–Kier alpha value is -2.49. The summed E-state index contributed by atoms with van der Waals surface area (Å²) in [6.07, 6.45) is 0. The number of methoxy groups -OCH3 is 1. The Bertz CT molecular complexity index is 975. The maximum Gasteiger partial charge on any atom is 0.246 e. The molecule has 156 valence electrons. The van der Waals surface area contributed by atoms with Crippen LogP contribution < -0.4 is 10.1 Å². The van der Waals surface area contributed by atoms with Crippen LogP contribution in [0.25, 0.3) is 0 Å². The molecule has 0 spiro atoms. The van der Waals surface area contributed by atoms with Gasteiger partial charge in [-0.3, -0.25) is 9.69 Å². The molecule has 7 nitrogen and oxygen atoms in total. The van der Waals surface area contributed by atoms with Crippen molar-refractivity contribution in [3.63, 3.8) is 0 Å². The molecule has 1 aliphatic heterocycles. The molecule has 0 saturated carbocycles. The lowest BCUT2D eigenvalue weighted by atomic mass is 10.2. The number of carbonyl (C=O) groups is 1. The number of sulfonamides is 1. The number of carbonyl (C=O) groups excluding carboxylic acids is 1. The van der Waals surface area contributed by atoms with Crippen molar-refractivity contribution >= 4 is 21.6 Å². The number of ether oxygens (including phenoxy) is 1. The standard InChI is InChI=1S/C20H24FN3O4S/c1-15(20(25)22-17-8-4-5-9-18(17)28-2)23-11-13-24(14-12-23)29(26,27)19-10-6-3-7-16(19)21/h3-10,15H,11-14H2,1-2H3,(H,22,25)/t15-/m1/s1. The number of nitrogens with one attached hydrogen (secondary N) is 1. The Labute approximate surface area is 170 Å². The number of hydrogen-bond acceptors (Lipinski definition) is 5. The molecule has 0 aromatic heterocycles. The van der Waals surface area contributed by atoms with Crippen LogP contribution in [0.3, 0.4) is 0 Å². The van der Waals surface area contributed by atoms with Crippen LogP contribution in [0.1, 0.15) is 6.92 Å². The smallest absolute Gasteiger partial charge is 0.246 e. The molecule has 0 unspecified atom stereocenters. The van der Waals surface area contributed by atoms with Crippen molar-refractivity contribution < 1.29 is 22.3 Å². The van der Waals surface area contributed by atoms with Gasteiger partial charge in [-0.1, -0.05) is 24.3 Å². The number of hydrogen-bond donors (Lipinski definition) is 1. The molecule has 1 amide bonds. The van der Waals surface area contributed by atoms with Crippen LogP contribution in [0.2, 0.25) is 0 Å². The summed E-state index contributed by atoms with van der Waals surface area (Å²) in [5.74, 6) is -0.409. The average molecular weight is 421 g/mol. The molecule has 1 aliphatic rings. The lowest BCUT2D eigenvalue weighted by Gasteiger charge is -2.36. The van der Waals surface area contributed by atoms with E-state index in [1.54, 1.807) is 25.1 Å². The second-order valence-corrected chi connectivity index (χ2v) is 8.64. The Kier molecular flexibility index (Phi) is 6.51. The van der Waals surface area contributed by atoms with Crippen molar-refractivity contribution in [1.29, 1.82) is 0 Å². The van der Waals surface area contributed by atoms with Crippen LogP contribution in [-0.2, 0) is 14.8 Å². The van der Waals surface area contributed by atoms with Crippen LogP contribution in [0.5, 0.6) is 5.75 Å². The quantitative estimate of drug-likeness (QED) is 0.773. The highest BCUT2D eigenvalue weighted by atomic mass is 32.2. The predicted molar refractivity (Wildman–Crippen MR) is 108 cm³/mol. The Morgan fingerprint density at radius 2 is 1.69 bits per heavy atom. The largest absolute Gasteiger partial charge is 0.495 e. The van der Waals surface area contributed by atoms with Crippen molar-refractivity contribution in [2.75, 3.05) is 38.6 Å². The third-order valence-corrected chi connectivity index (χ3v) is 6.95. The molecule has 29 heavy (non-hydrogen) atoms. The molecule has 1 saturated heterocycles. The van der Waals surface area contributed by atoms with Crippen molar-refractivity contribution in [1.82, 2.24) is 9.21 Å². The van der Waals surface area contributed by atoms with E-state index in [2.05, 4.69) is 5.32 Å². The number of benzene rings is 2. The molecule has 2 aromatic carbocycles. The minimum Gasteiger partial charge on any atom is -0.495 e. The van der Waals surface area contributed by atoms with Crippen LogP contribution in [0, 0.1) is 5.82 Å². The minimum absolute atomic E-state index is 0.183. The molecule has 0 bridgehead atoms. The predicted octanol–water partition coefficient (Wildman–Crippen LogP) is 2.17. The zero-order chi connectivity index (χ0) is 21.0. The molecular formula is C20H24FN3O4S. The second-order valence-electron chi connectivity index (χ2n) is 6.74. The Morgan fingerprint density at radius 3 is 2.34 bits per heavy atom. The van der Waals surface area contributed by atoms with Crippen molar-refractivity contribution in [3.05, 3.63) is 54.3 Å². The summed E-state index contributed by atoms with van der Waals surface area (Å²) in [5.41, 5.74) is 0.576. The molecule has 9 heteroatoms. The lowest BCUT2D eigenvalue weighted by Crippen LogP contribution is -2.54. The molecule has 0 radical (unpaired) electrons. The van der Waals surface area contributed by atoms with Gasteiger partial charge in [-0.05, 0) is 31.2 Å². The van der Waals surface area contributed by atoms with Crippen molar-refractivity contribution in [2.24, 2.45) is 0 Å². The first-order valence-electron chi connectivity index (χ1n) is 9.27. The maximum absolute atomic E-state index is 13.9. The van der Waals surface area contributed by atoms with Crippen LogP contribution in [-0.4, -0.2) is 62.9 Å². The van der Waals surface area contributed by atoms with E-state index in [-0.39, 0.29) is 23.9 Å². The molecule has 1 heterocycles. The zero-order valence-electron chi connectivity index (χ0n) is 16.3. The number of amides is 1. The maximum atomic E-state index is 13.9. The average Bonchev–Trinajstić information content (AvgIpc) is 2.73. The van der Waals surface area contributed by atoms with Gasteiger partial charge in [-0.2, -0.15) is 4.31 Å². The fourth-order valence-corrected chi connectivity index (χ4v) is 4.76. The van der Waals surface area contributed by atoms with Gasteiger partial charge in [0.1, 0.15) is 16.5 Å². The summed E-state index contributed by atoms with van der Waals surface area (Å²) >= 11 is 0. The van der Waals surface area contributed by atoms with Gasteiger partial charge in [0.25, 0.3) is 0 Å². The van der Waals surface area contributed by atoms with Gasteiger partial charge >= 0.3 is 0 Å². The van der Waals surface area contributed by atoms with E-state index in [1.165, 1.54) is 29.6 Å². The molecule has 0 aliphatic carbocycles. The topological polar surface area (TPSA) is 79.0 Å². The highest BCUT2D eigenvalue weighted by Crippen LogP contribution is 2.24. The van der Waals surface area contributed by atoms with Crippen LogP contribution >= 0.6 is 0 Å². The van der Waals surface area contributed by atoms with Gasteiger partial charge in [0.05, 0.1) is 18.8 Å². The number of anilines is 1. The van der Waals surface area contributed by atoms with Gasteiger partial charge in [0.15, 0.2) is 0 Å². The summed E-state index contributed by atoms with van der Waals surface area (Å²) in [5, 5.41) is 2.85. The summed E-state index contributed by atoms with van der Waals surface area (Å²) < 4.78 is 45.8. The van der Waals surface area contributed by atoms with E-state index in [9.17, 15) is 17.6 Å². The summed E-state index contributed by atoms with van der Waals surface area (Å²) in [6, 6.07) is 12.0. The summed E-state index contributed by atoms with van der Waals surface area (Å²) in [4.78, 5) is 14.2. The second kappa shape index (κ2) is 8.89. The molecular weight excluding hydrogens is 397 g/mol. The van der Waals surface area contributed by atoms with Crippen molar-refractivity contribution in [3.8, 4) is 5.75 Å². The zero-order valence-corrected chi connectivity index (χ0v) is 17.2. The van der Waals surface area contributed by atoms with Crippen LogP contribution in [0.4, 0.5) is 10.1 Å². The SMILES string of the molecule is COc1ccccc1NC(=O)[C@@H](C)N1CCN(S(=O)(=O)c2ccccc2F)CC1. The van der Waals surface area contributed by atoms with Gasteiger partial charge in [-0.25, -0.2) is 12.8 Å². The number of para-hydroxylation sites is 2. The molecule has 1 fully saturated rings. The van der Waals surface area contributed by atoms with Gasteiger partial charge in [-0.15, -0.1) is 0 Å². The van der Waals surface area contributed by atoms with Crippen LogP contribution in [0.15, 0.2) is 53.4 Å². The van der Waals surface area contributed by atoms with E-state index in [0.717, 1.165) is 6.07 Å². The van der Waals surface area contributed by atoms with Gasteiger partial charge in [0, 0.05) is 26.2 Å². The summed E-state index contributed by atoms with van der Waals surface area (Å²) in [6.45, 7) is 2.88. The third kappa shape index (κ3) is 4.58. The highest BCUT2D eigenvalue weighted by Gasteiger charge is 2.33. The number of piperazine rings is 1. The van der Waals surface area contributed by atoms with Gasteiger partial charge < -0.3 is 10.1 Å². The number of nitrogens with zero attached hydrogens (tertiary/aromatic N) is 2. The fourth-order valence-electron chi connectivity index (χ4n) is 3.28. The van der Waals surface area contributed by atoms with E-state index in [0.29, 0.717) is 24.5 Å². The first-order valence-corrected chi connectivity index (χ1v) is 10.7. The van der Waals surface area contributed by atoms with E-state index < -0.39 is 21.9 Å². The van der Waals surface area contributed by atoms with E-state index in [1.807, 2.05) is 11.0 Å². The minimum atomic E-state index is -3.91. The number of halogens is 1. The van der Waals surface area contributed by atoms with E-state index in [4.69, 9.17) is 4.74 Å². The third-order valence-electron chi connectivity index (χ3n) is 5.02. The Morgan fingerprint density at radius 1 is 1.07 bits per heavy atom. The lowest BCUT2D eigenvalue weighted by molar-refractivity contribution is -0.121. The van der Waals surface area contributed by atoms with Gasteiger partial charge in [0.2, 0.25) is 15.9 Å². The van der Waals surface area contributed by atoms with E-state index >= 15 is 0 Å². The monoisotopic (exact) mass is 421 g/mol. The molecule has 1 N–H and O–H groups in total. The molecule has 3 rings (SSSR count). The molecule has 2 aromatic rings. The normalized spacial score (nSPS) is 16.9.